The molecular weight excluding hydrogens is 464 g/mol. The zero-order chi connectivity index (χ0) is 24.5. The van der Waals surface area contributed by atoms with Crippen molar-refractivity contribution in [3.63, 3.8) is 0 Å². The second-order valence-corrected chi connectivity index (χ2v) is 8.79. The summed E-state index contributed by atoms with van der Waals surface area (Å²) in [5.74, 6) is 1.66. The molecule has 1 amide bonds. The van der Waals surface area contributed by atoms with E-state index in [9.17, 15) is 4.79 Å². The molecule has 4 heterocycles. The third-order valence-electron chi connectivity index (χ3n) is 6.65. The molecule has 2 aromatic carbocycles. The highest BCUT2D eigenvalue weighted by Gasteiger charge is 2.30. The lowest BCUT2D eigenvalue weighted by Crippen LogP contribution is -2.51. The van der Waals surface area contributed by atoms with Crippen molar-refractivity contribution in [3.8, 4) is 17.6 Å². The van der Waals surface area contributed by atoms with Crippen LogP contribution in [0.2, 0.25) is 0 Å². The molecule has 0 radical (unpaired) electrons. The number of benzene rings is 2. The molecule has 0 bridgehead atoms. The average Bonchev–Trinajstić information content (AvgIpc) is 3.43. The topological polar surface area (TPSA) is 115 Å². The molecule has 0 unspecified atom stereocenters. The maximum Gasteiger partial charge on any atom is 0.346 e. The largest absolute Gasteiger partial charge is 0.467 e. The third-order valence-corrected chi connectivity index (χ3v) is 6.65. The smallest absolute Gasteiger partial charge is 0.346 e. The maximum absolute atomic E-state index is 12.9. The first-order valence-corrected chi connectivity index (χ1v) is 11.7. The van der Waals surface area contributed by atoms with Gasteiger partial charge in [0.05, 0.1) is 19.3 Å². The maximum atomic E-state index is 12.9. The standard InChI is InChI=1S/C25H24N6O5/c26-11-23-27-14-31(28-23)25(32)30-7-5-29(6-8-30)24(17-1-3-21-19(9-17)12-33-15-35-21)18-2-4-22-20(10-18)13-34-16-36-22/h1-4,9-10,14,24H,5-8,12-13,15-16H2. The van der Waals surface area contributed by atoms with E-state index in [0.29, 0.717) is 39.4 Å². The van der Waals surface area contributed by atoms with Crippen LogP contribution >= 0.6 is 0 Å². The second kappa shape index (κ2) is 9.58. The van der Waals surface area contributed by atoms with Crippen molar-refractivity contribution >= 4 is 6.03 Å². The van der Waals surface area contributed by atoms with E-state index in [1.54, 1.807) is 4.90 Å². The van der Waals surface area contributed by atoms with Gasteiger partial charge in [-0.1, -0.05) is 12.1 Å². The summed E-state index contributed by atoms with van der Waals surface area (Å²) in [5, 5.41) is 12.9. The molecule has 0 aliphatic carbocycles. The molecule has 1 aromatic heterocycles. The van der Waals surface area contributed by atoms with E-state index >= 15 is 0 Å². The second-order valence-electron chi connectivity index (χ2n) is 8.79. The molecule has 3 aliphatic rings. The van der Waals surface area contributed by atoms with E-state index in [2.05, 4.69) is 39.2 Å². The Labute approximate surface area is 207 Å². The zero-order valence-electron chi connectivity index (χ0n) is 19.5. The van der Waals surface area contributed by atoms with Crippen LogP contribution in [0.25, 0.3) is 0 Å². The lowest BCUT2D eigenvalue weighted by atomic mass is 9.93. The number of piperazine rings is 1. The fourth-order valence-electron chi connectivity index (χ4n) is 4.90. The van der Waals surface area contributed by atoms with Crippen LogP contribution in [-0.2, 0) is 22.7 Å². The van der Waals surface area contributed by atoms with Crippen LogP contribution in [0.15, 0.2) is 42.7 Å². The van der Waals surface area contributed by atoms with Crippen molar-refractivity contribution in [2.24, 2.45) is 0 Å². The predicted molar refractivity (Wildman–Crippen MR) is 124 cm³/mol. The van der Waals surface area contributed by atoms with Crippen LogP contribution in [0.3, 0.4) is 0 Å². The average molecular weight is 489 g/mol. The Bertz CT molecular complexity index is 1270. The van der Waals surface area contributed by atoms with Gasteiger partial charge in [-0.3, -0.25) is 4.90 Å². The number of fused-ring (bicyclic) bond motifs is 2. The van der Waals surface area contributed by atoms with Crippen LogP contribution in [0, 0.1) is 11.3 Å². The molecule has 36 heavy (non-hydrogen) atoms. The first kappa shape index (κ1) is 22.5. The van der Waals surface area contributed by atoms with Crippen LogP contribution in [0.5, 0.6) is 11.5 Å². The van der Waals surface area contributed by atoms with Crippen molar-refractivity contribution in [1.82, 2.24) is 24.6 Å². The first-order valence-electron chi connectivity index (χ1n) is 11.7. The minimum absolute atomic E-state index is 0.0252. The van der Waals surface area contributed by atoms with E-state index in [1.165, 1.54) is 6.33 Å². The quantitative estimate of drug-likeness (QED) is 0.547. The Morgan fingerprint density at radius 1 is 0.917 bits per heavy atom. The van der Waals surface area contributed by atoms with Crippen molar-refractivity contribution in [1.29, 1.82) is 5.26 Å². The molecule has 11 heteroatoms. The summed E-state index contributed by atoms with van der Waals surface area (Å²) < 4.78 is 23.4. The third kappa shape index (κ3) is 4.26. The van der Waals surface area contributed by atoms with Gasteiger partial charge >= 0.3 is 6.03 Å². The Hall–Kier alpha value is -3.98. The molecule has 0 atom stereocenters. The molecule has 1 saturated heterocycles. The minimum Gasteiger partial charge on any atom is -0.467 e. The van der Waals surface area contributed by atoms with E-state index < -0.39 is 0 Å². The number of carbonyl (C=O) groups excluding carboxylic acids is 1. The molecule has 1 fully saturated rings. The zero-order valence-corrected chi connectivity index (χ0v) is 19.5. The number of hydrogen-bond donors (Lipinski definition) is 0. The summed E-state index contributed by atoms with van der Waals surface area (Å²) in [6, 6.07) is 14.0. The summed E-state index contributed by atoms with van der Waals surface area (Å²) in [4.78, 5) is 20.8. The van der Waals surface area contributed by atoms with Gasteiger partial charge in [0.1, 0.15) is 23.9 Å². The normalized spacial score (nSPS) is 17.5. The van der Waals surface area contributed by atoms with Gasteiger partial charge in [-0.15, -0.1) is 5.10 Å². The van der Waals surface area contributed by atoms with Gasteiger partial charge in [-0.2, -0.15) is 9.94 Å². The first-order chi connectivity index (χ1) is 17.7. The van der Waals surface area contributed by atoms with Crippen molar-refractivity contribution in [3.05, 3.63) is 70.8 Å². The Balaban J connectivity index is 1.28. The lowest BCUT2D eigenvalue weighted by molar-refractivity contribution is -0.0165. The number of hydrogen-bond acceptors (Lipinski definition) is 9. The number of ether oxygens (including phenoxy) is 4. The molecule has 0 N–H and O–H groups in total. The molecular formula is C25H24N6O5. The van der Waals surface area contributed by atoms with E-state index in [4.69, 9.17) is 24.2 Å². The van der Waals surface area contributed by atoms with Crippen molar-refractivity contribution < 1.29 is 23.7 Å². The SMILES string of the molecule is N#Cc1ncn(C(=O)N2CCN(C(c3ccc4c(c3)COCO4)c3ccc4c(c3)COCO4)CC2)n1. The van der Waals surface area contributed by atoms with Crippen molar-refractivity contribution in [2.45, 2.75) is 19.3 Å². The highest BCUT2D eigenvalue weighted by atomic mass is 16.7. The number of nitriles is 1. The van der Waals surface area contributed by atoms with Gasteiger partial charge in [-0.05, 0) is 35.4 Å². The molecule has 0 spiro atoms. The molecule has 3 aromatic rings. The summed E-state index contributed by atoms with van der Waals surface area (Å²) in [7, 11) is 0. The number of nitrogens with zero attached hydrogens (tertiary/aromatic N) is 6. The van der Waals surface area contributed by atoms with Gasteiger partial charge in [0.2, 0.25) is 0 Å². The predicted octanol–water partition coefficient (Wildman–Crippen LogP) is 2.26. The number of amides is 1. The molecule has 0 saturated carbocycles. The summed E-state index contributed by atoms with van der Waals surface area (Å²) in [5.41, 5.74) is 4.27. The highest BCUT2D eigenvalue weighted by molar-refractivity contribution is 5.75. The monoisotopic (exact) mass is 488 g/mol. The van der Waals surface area contributed by atoms with E-state index in [1.807, 2.05) is 18.2 Å². The number of rotatable bonds is 3. The van der Waals surface area contributed by atoms with Gasteiger partial charge in [0.25, 0.3) is 5.82 Å². The van der Waals surface area contributed by atoms with E-state index in [0.717, 1.165) is 38.4 Å². The Morgan fingerprint density at radius 3 is 2.08 bits per heavy atom. The van der Waals surface area contributed by atoms with Gasteiger partial charge in [0, 0.05) is 37.3 Å². The van der Waals surface area contributed by atoms with Crippen LogP contribution in [-0.4, -0.2) is 70.4 Å². The summed E-state index contributed by atoms with van der Waals surface area (Å²) in [6.45, 7) is 3.89. The summed E-state index contributed by atoms with van der Waals surface area (Å²) >= 11 is 0. The Morgan fingerprint density at radius 2 is 1.53 bits per heavy atom. The number of carbonyl (C=O) groups is 1. The van der Waals surface area contributed by atoms with Gasteiger partial charge in [-0.25, -0.2) is 9.78 Å². The molecule has 3 aliphatic heterocycles. The highest BCUT2D eigenvalue weighted by Crippen LogP contribution is 2.36. The van der Waals surface area contributed by atoms with Crippen molar-refractivity contribution in [2.75, 3.05) is 39.8 Å². The van der Waals surface area contributed by atoms with E-state index in [-0.39, 0.29) is 31.5 Å². The van der Waals surface area contributed by atoms with Gasteiger partial charge in [0.15, 0.2) is 13.6 Å². The van der Waals surface area contributed by atoms with Gasteiger partial charge < -0.3 is 23.8 Å². The van der Waals surface area contributed by atoms with Crippen LogP contribution in [0.1, 0.15) is 34.1 Å². The molecule has 6 rings (SSSR count). The number of aromatic nitrogens is 3. The van der Waals surface area contributed by atoms with Crippen LogP contribution in [0.4, 0.5) is 4.79 Å². The molecule has 184 valence electrons. The lowest BCUT2D eigenvalue weighted by Gasteiger charge is -2.40. The fourth-order valence-corrected chi connectivity index (χ4v) is 4.90. The minimum atomic E-state index is -0.286. The molecule has 11 nitrogen and oxygen atoms in total. The fraction of sp³-hybridized carbons (Fsp3) is 0.360. The Kier molecular flexibility index (Phi) is 5.98. The van der Waals surface area contributed by atoms with Crippen LogP contribution < -0.4 is 9.47 Å². The summed E-state index contributed by atoms with van der Waals surface area (Å²) in [6.07, 6.45) is 1.28.